The highest BCUT2D eigenvalue weighted by molar-refractivity contribution is 9.10. The van der Waals surface area contributed by atoms with Crippen molar-refractivity contribution in [1.29, 1.82) is 0 Å². The second kappa shape index (κ2) is 3.83. The van der Waals surface area contributed by atoms with Crippen molar-refractivity contribution in [2.75, 3.05) is 0 Å². The fourth-order valence-electron chi connectivity index (χ4n) is 1.54. The number of halogens is 4. The lowest BCUT2D eigenvalue weighted by atomic mass is 10.2. The first kappa shape index (κ1) is 12.1. The number of fused-ring (bicyclic) bond motifs is 1. The molecule has 0 atom stereocenters. The number of pyridine rings is 1. The normalized spacial score (nSPS) is 12.1. The maximum Gasteiger partial charge on any atom is 0.456 e. The Labute approximate surface area is 102 Å². The Hall–Kier alpha value is -1.37. The van der Waals surface area contributed by atoms with Crippen LogP contribution in [0.1, 0.15) is 16.3 Å². The molecule has 0 aliphatic carbocycles. The van der Waals surface area contributed by atoms with E-state index in [1.807, 2.05) is 0 Å². The van der Waals surface area contributed by atoms with Crippen molar-refractivity contribution in [2.45, 2.75) is 13.1 Å². The third-order valence-corrected chi connectivity index (χ3v) is 2.90. The van der Waals surface area contributed by atoms with Crippen LogP contribution in [0.25, 0.3) is 5.52 Å². The van der Waals surface area contributed by atoms with Gasteiger partial charge in [0.25, 0.3) is 5.78 Å². The fourth-order valence-corrected chi connectivity index (χ4v) is 2.07. The van der Waals surface area contributed by atoms with Gasteiger partial charge in [-0.25, -0.2) is 4.98 Å². The minimum absolute atomic E-state index is 0.132. The lowest BCUT2D eigenvalue weighted by molar-refractivity contribution is -0.0887. The Morgan fingerprint density at radius 1 is 1.47 bits per heavy atom. The maximum absolute atomic E-state index is 12.4. The molecular weight excluding hydrogens is 301 g/mol. The molecule has 0 aromatic carbocycles. The molecule has 0 aliphatic rings. The molecule has 0 saturated carbocycles. The molecule has 0 spiro atoms. The molecule has 0 radical (unpaired) electrons. The molecule has 0 N–H and O–H groups in total. The van der Waals surface area contributed by atoms with E-state index in [2.05, 4.69) is 20.9 Å². The van der Waals surface area contributed by atoms with Gasteiger partial charge in [-0.2, -0.15) is 13.2 Å². The third-order valence-electron chi connectivity index (χ3n) is 2.26. The highest BCUT2D eigenvalue weighted by Gasteiger charge is 2.42. The number of alkyl halides is 3. The van der Waals surface area contributed by atoms with E-state index in [9.17, 15) is 18.0 Å². The maximum atomic E-state index is 12.4. The zero-order valence-electron chi connectivity index (χ0n) is 8.55. The van der Waals surface area contributed by atoms with E-state index in [-0.39, 0.29) is 5.52 Å². The number of rotatable bonds is 1. The predicted molar refractivity (Wildman–Crippen MR) is 58.0 cm³/mol. The number of nitrogens with zero attached hydrogens (tertiary/aromatic N) is 2. The monoisotopic (exact) mass is 306 g/mol. The summed E-state index contributed by atoms with van der Waals surface area (Å²) in [6, 6.07) is 3.21. The summed E-state index contributed by atoms with van der Waals surface area (Å²) in [5, 5.41) is 0. The van der Waals surface area contributed by atoms with E-state index in [1.54, 1.807) is 18.3 Å². The lowest BCUT2D eigenvalue weighted by Gasteiger charge is -2.03. The van der Waals surface area contributed by atoms with Crippen LogP contribution in [0.5, 0.6) is 0 Å². The molecule has 2 aromatic rings. The van der Waals surface area contributed by atoms with Gasteiger partial charge < -0.3 is 4.40 Å². The largest absolute Gasteiger partial charge is 0.456 e. The topological polar surface area (TPSA) is 34.4 Å². The number of imidazole rings is 1. The van der Waals surface area contributed by atoms with Crippen LogP contribution in [0.15, 0.2) is 22.8 Å². The van der Waals surface area contributed by atoms with Gasteiger partial charge in [-0.05, 0) is 35.0 Å². The van der Waals surface area contributed by atoms with Crippen LogP contribution in [0.2, 0.25) is 0 Å². The first-order valence-corrected chi connectivity index (χ1v) is 5.36. The van der Waals surface area contributed by atoms with E-state index in [1.165, 1.54) is 11.3 Å². The van der Waals surface area contributed by atoms with Gasteiger partial charge in [-0.1, -0.05) is 0 Å². The van der Waals surface area contributed by atoms with Gasteiger partial charge in [-0.15, -0.1) is 0 Å². The predicted octanol–water partition coefficient (Wildman–Crippen LogP) is 3.15. The third kappa shape index (κ3) is 1.95. The van der Waals surface area contributed by atoms with E-state index >= 15 is 0 Å². The van der Waals surface area contributed by atoms with Gasteiger partial charge in [0.1, 0.15) is 11.5 Å². The van der Waals surface area contributed by atoms with Crippen molar-refractivity contribution in [2.24, 2.45) is 0 Å². The SMILES string of the molecule is Cc1nc(C(=O)C(F)(F)F)c2c(Br)cccn12. The van der Waals surface area contributed by atoms with Gasteiger partial charge in [0.2, 0.25) is 0 Å². The molecule has 0 bridgehead atoms. The summed E-state index contributed by atoms with van der Waals surface area (Å²) in [4.78, 5) is 14.9. The number of aromatic nitrogens is 2. The fraction of sp³-hybridized carbons (Fsp3) is 0.200. The van der Waals surface area contributed by atoms with Crippen LogP contribution >= 0.6 is 15.9 Å². The standard InChI is InChI=1S/C10H6BrF3N2O/c1-5-15-7(9(17)10(12,13)14)8-6(11)3-2-4-16(5)8/h2-4H,1H3. The van der Waals surface area contributed by atoms with E-state index in [4.69, 9.17) is 0 Å². The van der Waals surface area contributed by atoms with Crippen LogP contribution < -0.4 is 0 Å². The summed E-state index contributed by atoms with van der Waals surface area (Å²) in [5.41, 5.74) is -0.449. The zero-order chi connectivity index (χ0) is 12.8. The molecule has 0 aliphatic heterocycles. The molecule has 0 fully saturated rings. The average Bonchev–Trinajstić information content (AvgIpc) is 2.55. The molecule has 2 aromatic heterocycles. The van der Waals surface area contributed by atoms with Crippen molar-refractivity contribution in [3.8, 4) is 0 Å². The smallest absolute Gasteiger partial charge is 0.302 e. The van der Waals surface area contributed by atoms with Crippen molar-refractivity contribution in [3.05, 3.63) is 34.3 Å². The Balaban J connectivity index is 2.76. The summed E-state index contributed by atoms with van der Waals surface area (Å²) >= 11 is 3.12. The first-order valence-electron chi connectivity index (χ1n) is 4.57. The quantitative estimate of drug-likeness (QED) is 0.759. The van der Waals surface area contributed by atoms with Crippen molar-refractivity contribution < 1.29 is 18.0 Å². The van der Waals surface area contributed by atoms with Crippen LogP contribution in [-0.4, -0.2) is 21.3 Å². The average molecular weight is 307 g/mol. The summed E-state index contributed by atoms with van der Waals surface area (Å²) in [7, 11) is 0. The molecule has 3 nitrogen and oxygen atoms in total. The molecule has 0 unspecified atom stereocenters. The van der Waals surface area contributed by atoms with E-state index in [0.29, 0.717) is 10.3 Å². The van der Waals surface area contributed by atoms with Gasteiger partial charge in [0.05, 0.1) is 5.52 Å². The first-order chi connectivity index (χ1) is 7.82. The summed E-state index contributed by atoms with van der Waals surface area (Å²) in [6.45, 7) is 1.53. The number of hydrogen-bond acceptors (Lipinski definition) is 2. The van der Waals surface area contributed by atoms with Crippen molar-refractivity contribution in [1.82, 2.24) is 9.38 Å². The lowest BCUT2D eigenvalue weighted by Crippen LogP contribution is -2.23. The number of carbonyl (C=O) groups excluding carboxylic acids is 1. The molecule has 90 valence electrons. The van der Waals surface area contributed by atoms with E-state index in [0.717, 1.165) is 0 Å². The van der Waals surface area contributed by atoms with Crippen LogP contribution in [0.3, 0.4) is 0 Å². The molecular formula is C10H6BrF3N2O. The molecule has 2 rings (SSSR count). The van der Waals surface area contributed by atoms with Crippen molar-refractivity contribution in [3.63, 3.8) is 0 Å². The molecule has 0 saturated heterocycles. The zero-order valence-corrected chi connectivity index (χ0v) is 10.1. The van der Waals surface area contributed by atoms with Gasteiger partial charge in [-0.3, -0.25) is 4.79 Å². The van der Waals surface area contributed by atoms with E-state index < -0.39 is 17.7 Å². The summed E-state index contributed by atoms with van der Waals surface area (Å²) in [6.07, 6.45) is -3.37. The Morgan fingerprint density at radius 2 is 2.12 bits per heavy atom. The number of hydrogen-bond donors (Lipinski definition) is 0. The Morgan fingerprint density at radius 3 is 2.71 bits per heavy atom. The molecule has 17 heavy (non-hydrogen) atoms. The molecule has 7 heteroatoms. The molecule has 2 heterocycles. The summed E-state index contributed by atoms with van der Waals surface area (Å²) < 4.78 is 39.0. The minimum Gasteiger partial charge on any atom is -0.302 e. The highest BCUT2D eigenvalue weighted by Crippen LogP contribution is 2.28. The van der Waals surface area contributed by atoms with Gasteiger partial charge >= 0.3 is 6.18 Å². The second-order valence-electron chi connectivity index (χ2n) is 3.41. The van der Waals surface area contributed by atoms with Crippen LogP contribution in [-0.2, 0) is 0 Å². The van der Waals surface area contributed by atoms with Gasteiger partial charge in [0.15, 0.2) is 0 Å². The molecule has 0 amide bonds. The highest BCUT2D eigenvalue weighted by atomic mass is 79.9. The van der Waals surface area contributed by atoms with Crippen LogP contribution in [0, 0.1) is 6.92 Å². The minimum atomic E-state index is -4.92. The Kier molecular flexibility index (Phi) is 2.73. The van der Waals surface area contributed by atoms with Crippen LogP contribution in [0.4, 0.5) is 13.2 Å². The number of aryl methyl sites for hydroxylation is 1. The number of ketones is 1. The Bertz CT molecular complexity index is 603. The van der Waals surface area contributed by atoms with Crippen molar-refractivity contribution >= 4 is 27.2 Å². The summed E-state index contributed by atoms with van der Waals surface area (Å²) in [5.74, 6) is -1.61. The van der Waals surface area contributed by atoms with Gasteiger partial charge in [0, 0.05) is 10.7 Å². The number of carbonyl (C=O) groups is 1. The second-order valence-corrected chi connectivity index (χ2v) is 4.26. The number of Topliss-reactive ketones (excluding diaryl/α,β-unsaturated/α-hetero) is 1.